The van der Waals surface area contributed by atoms with E-state index in [9.17, 15) is 8.42 Å². The van der Waals surface area contributed by atoms with Crippen molar-refractivity contribution < 1.29 is 8.42 Å². The molecule has 1 fully saturated rings. The second-order valence-electron chi connectivity index (χ2n) is 4.32. The van der Waals surface area contributed by atoms with Gasteiger partial charge >= 0.3 is 0 Å². The summed E-state index contributed by atoms with van der Waals surface area (Å²) < 4.78 is 25.7. The van der Waals surface area contributed by atoms with Gasteiger partial charge in [0.1, 0.15) is 0 Å². The monoisotopic (exact) mass is 253 g/mol. The van der Waals surface area contributed by atoms with Gasteiger partial charge in [0.2, 0.25) is 10.0 Å². The van der Waals surface area contributed by atoms with E-state index in [1.807, 2.05) is 13.8 Å². The molecule has 0 saturated carbocycles. The van der Waals surface area contributed by atoms with Crippen LogP contribution in [0.4, 0.5) is 0 Å². The molecule has 0 bridgehead atoms. The van der Waals surface area contributed by atoms with Crippen molar-refractivity contribution in [1.29, 1.82) is 0 Å². The molecule has 5 heteroatoms. The van der Waals surface area contributed by atoms with Crippen LogP contribution in [-0.4, -0.2) is 36.4 Å². The molecule has 2 atom stereocenters. The standard InChI is InChI=1S/C10H20ClNO2S/c1-9-5-3-6-10(2)12(9)15(13,14)8-4-7-11/h9-10H,3-8H2,1-2H3/t9-,10+. The second-order valence-corrected chi connectivity index (χ2v) is 6.69. The van der Waals surface area contributed by atoms with Gasteiger partial charge in [-0.2, -0.15) is 4.31 Å². The van der Waals surface area contributed by atoms with Crippen LogP contribution in [0.2, 0.25) is 0 Å². The van der Waals surface area contributed by atoms with Gasteiger partial charge in [0, 0.05) is 18.0 Å². The molecule has 1 aliphatic rings. The summed E-state index contributed by atoms with van der Waals surface area (Å²) in [6.07, 6.45) is 3.62. The van der Waals surface area contributed by atoms with Gasteiger partial charge in [0.15, 0.2) is 0 Å². The lowest BCUT2D eigenvalue weighted by atomic mass is 10.0. The van der Waals surface area contributed by atoms with Crippen molar-refractivity contribution in [3.8, 4) is 0 Å². The van der Waals surface area contributed by atoms with Crippen molar-refractivity contribution in [2.24, 2.45) is 0 Å². The third-order valence-electron chi connectivity index (χ3n) is 2.97. The van der Waals surface area contributed by atoms with Crippen molar-refractivity contribution in [3.05, 3.63) is 0 Å². The molecule has 0 N–H and O–H groups in total. The molecule has 0 amide bonds. The van der Waals surface area contributed by atoms with Crippen LogP contribution in [0.1, 0.15) is 39.5 Å². The van der Waals surface area contributed by atoms with Crippen LogP contribution < -0.4 is 0 Å². The van der Waals surface area contributed by atoms with Gasteiger partial charge in [-0.25, -0.2) is 8.42 Å². The molecule has 0 unspecified atom stereocenters. The van der Waals surface area contributed by atoms with E-state index in [4.69, 9.17) is 11.6 Å². The fraction of sp³-hybridized carbons (Fsp3) is 1.00. The smallest absolute Gasteiger partial charge is 0.212 e. The molecule has 1 rings (SSSR count). The molecule has 0 aromatic heterocycles. The van der Waals surface area contributed by atoms with Crippen molar-refractivity contribution in [1.82, 2.24) is 4.31 Å². The molecule has 1 saturated heterocycles. The zero-order chi connectivity index (χ0) is 11.5. The Morgan fingerprint density at radius 1 is 1.27 bits per heavy atom. The van der Waals surface area contributed by atoms with E-state index in [1.54, 1.807) is 4.31 Å². The molecule has 15 heavy (non-hydrogen) atoms. The molecular weight excluding hydrogens is 234 g/mol. The molecule has 0 aromatic carbocycles. The first-order valence-corrected chi connectivity index (χ1v) is 7.70. The van der Waals surface area contributed by atoms with Gasteiger partial charge in [-0.3, -0.25) is 0 Å². The molecule has 0 aromatic rings. The lowest BCUT2D eigenvalue weighted by molar-refractivity contribution is 0.204. The van der Waals surface area contributed by atoms with Gasteiger partial charge in [-0.1, -0.05) is 6.42 Å². The summed E-state index contributed by atoms with van der Waals surface area (Å²) in [4.78, 5) is 0. The van der Waals surface area contributed by atoms with E-state index in [0.29, 0.717) is 12.3 Å². The molecule has 0 aliphatic carbocycles. The summed E-state index contributed by atoms with van der Waals surface area (Å²) in [5.74, 6) is 0.598. The molecule has 0 radical (unpaired) electrons. The van der Waals surface area contributed by atoms with Crippen LogP contribution in [-0.2, 0) is 10.0 Å². The van der Waals surface area contributed by atoms with Crippen LogP contribution >= 0.6 is 11.6 Å². The van der Waals surface area contributed by atoms with Crippen molar-refractivity contribution in [3.63, 3.8) is 0 Å². The maximum absolute atomic E-state index is 12.0. The fourth-order valence-corrected chi connectivity index (χ4v) is 4.61. The molecule has 1 aliphatic heterocycles. The predicted molar refractivity (Wildman–Crippen MR) is 63.7 cm³/mol. The Labute approximate surface area is 97.8 Å². The minimum absolute atomic E-state index is 0.147. The minimum atomic E-state index is -3.09. The van der Waals surface area contributed by atoms with Crippen LogP contribution in [0.15, 0.2) is 0 Å². The molecule has 0 spiro atoms. The molecule has 1 heterocycles. The van der Waals surface area contributed by atoms with Gasteiger partial charge < -0.3 is 0 Å². The van der Waals surface area contributed by atoms with Crippen molar-refractivity contribution in [2.75, 3.05) is 11.6 Å². The number of hydrogen-bond donors (Lipinski definition) is 0. The minimum Gasteiger partial charge on any atom is -0.212 e. The van der Waals surface area contributed by atoms with E-state index in [-0.39, 0.29) is 17.8 Å². The van der Waals surface area contributed by atoms with E-state index < -0.39 is 10.0 Å². The molecular formula is C10H20ClNO2S. The Morgan fingerprint density at radius 3 is 2.27 bits per heavy atom. The van der Waals surface area contributed by atoms with Crippen LogP contribution in [0.5, 0.6) is 0 Å². The van der Waals surface area contributed by atoms with Crippen molar-refractivity contribution >= 4 is 21.6 Å². The number of rotatable bonds is 4. The summed E-state index contributed by atoms with van der Waals surface area (Å²) in [6, 6.07) is 0.295. The summed E-state index contributed by atoms with van der Waals surface area (Å²) >= 11 is 5.54. The maximum atomic E-state index is 12.0. The van der Waals surface area contributed by atoms with E-state index >= 15 is 0 Å². The summed E-state index contributed by atoms with van der Waals surface area (Å²) in [6.45, 7) is 3.99. The third-order valence-corrected chi connectivity index (χ3v) is 5.40. The Morgan fingerprint density at radius 2 is 1.80 bits per heavy atom. The average Bonchev–Trinajstić information content (AvgIpc) is 2.14. The number of nitrogens with zero attached hydrogens (tertiary/aromatic N) is 1. The summed E-state index contributed by atoms with van der Waals surface area (Å²) in [7, 11) is -3.09. The Balaban J connectivity index is 2.74. The van der Waals surface area contributed by atoms with Crippen LogP contribution in [0, 0.1) is 0 Å². The quantitative estimate of drug-likeness (QED) is 0.721. The number of piperidine rings is 1. The first-order valence-electron chi connectivity index (χ1n) is 5.56. The largest absolute Gasteiger partial charge is 0.214 e. The number of hydrogen-bond acceptors (Lipinski definition) is 2. The van der Waals surface area contributed by atoms with Crippen LogP contribution in [0.25, 0.3) is 0 Å². The first-order chi connectivity index (χ1) is 6.99. The van der Waals surface area contributed by atoms with Gasteiger partial charge in [0.25, 0.3) is 0 Å². The van der Waals surface area contributed by atoms with Crippen LogP contribution in [0.3, 0.4) is 0 Å². The van der Waals surface area contributed by atoms with Crippen molar-refractivity contribution in [2.45, 2.75) is 51.6 Å². The number of halogens is 1. The lowest BCUT2D eigenvalue weighted by Gasteiger charge is -2.37. The number of sulfonamides is 1. The zero-order valence-corrected chi connectivity index (χ0v) is 11.0. The Hall–Kier alpha value is 0.200. The average molecular weight is 254 g/mol. The predicted octanol–water partition coefficient (Wildman–Crippen LogP) is 2.21. The second kappa shape index (κ2) is 5.51. The maximum Gasteiger partial charge on any atom is 0.214 e. The van der Waals surface area contributed by atoms with E-state index in [1.165, 1.54) is 0 Å². The van der Waals surface area contributed by atoms with Gasteiger partial charge in [-0.05, 0) is 33.1 Å². The van der Waals surface area contributed by atoms with Gasteiger partial charge in [-0.15, -0.1) is 11.6 Å². The van der Waals surface area contributed by atoms with E-state index in [0.717, 1.165) is 19.3 Å². The lowest BCUT2D eigenvalue weighted by Crippen LogP contribution is -2.48. The first kappa shape index (κ1) is 13.3. The SMILES string of the molecule is C[C@@H]1CCC[C@H](C)N1S(=O)(=O)CCCCl. The normalized spacial score (nSPS) is 29.3. The zero-order valence-electron chi connectivity index (χ0n) is 9.45. The Kier molecular flexibility index (Phi) is 4.87. The van der Waals surface area contributed by atoms with E-state index in [2.05, 4.69) is 0 Å². The highest BCUT2D eigenvalue weighted by molar-refractivity contribution is 7.89. The highest BCUT2D eigenvalue weighted by Crippen LogP contribution is 2.26. The summed E-state index contributed by atoms with van der Waals surface area (Å²) in [5.41, 5.74) is 0. The van der Waals surface area contributed by atoms with Gasteiger partial charge in [0.05, 0.1) is 5.75 Å². The highest BCUT2D eigenvalue weighted by atomic mass is 35.5. The topological polar surface area (TPSA) is 37.4 Å². The highest BCUT2D eigenvalue weighted by Gasteiger charge is 2.33. The Bertz CT molecular complexity index is 282. The molecule has 3 nitrogen and oxygen atoms in total. The fourth-order valence-electron chi connectivity index (χ4n) is 2.29. The number of alkyl halides is 1. The third kappa shape index (κ3) is 3.33. The molecule has 90 valence electrons. The summed E-state index contributed by atoms with van der Waals surface area (Å²) in [5, 5.41) is 0.